The lowest BCUT2D eigenvalue weighted by Gasteiger charge is -2.12. The lowest BCUT2D eigenvalue weighted by molar-refractivity contribution is -0.136. The van der Waals surface area contributed by atoms with Gasteiger partial charge in [0.1, 0.15) is 5.52 Å². The molecule has 0 aromatic carbocycles. The highest BCUT2D eigenvalue weighted by Gasteiger charge is 2.36. The van der Waals surface area contributed by atoms with Crippen molar-refractivity contribution in [3.8, 4) is 10.6 Å². The van der Waals surface area contributed by atoms with Gasteiger partial charge in [-0.1, -0.05) is 18.9 Å². The molecule has 144 valence electrons. The first-order valence-corrected chi connectivity index (χ1v) is 9.77. The van der Waals surface area contributed by atoms with Gasteiger partial charge in [-0.05, 0) is 30.4 Å². The number of furan rings is 1. The lowest BCUT2D eigenvalue weighted by atomic mass is 10.1. The first-order chi connectivity index (χ1) is 13.4. The van der Waals surface area contributed by atoms with Crippen molar-refractivity contribution in [3.05, 3.63) is 45.8 Å². The van der Waals surface area contributed by atoms with Crippen LogP contribution in [0.15, 0.2) is 39.1 Å². The SMILES string of the molecule is O=c1c2oc3nc(-c4cccs4)cc(C(F)(F)F)c3c2ncn1C1CCCC1. The number of thiophene rings is 1. The summed E-state index contributed by atoms with van der Waals surface area (Å²) < 4.78 is 48.4. The molecule has 5 rings (SSSR count). The fourth-order valence-electron chi connectivity index (χ4n) is 3.86. The molecule has 9 heteroatoms. The van der Waals surface area contributed by atoms with Crippen molar-refractivity contribution < 1.29 is 17.6 Å². The van der Waals surface area contributed by atoms with Gasteiger partial charge in [0.15, 0.2) is 0 Å². The van der Waals surface area contributed by atoms with Crippen LogP contribution < -0.4 is 5.56 Å². The Labute approximate surface area is 160 Å². The van der Waals surface area contributed by atoms with Crippen LogP contribution in [0.2, 0.25) is 0 Å². The van der Waals surface area contributed by atoms with Crippen LogP contribution in [0.1, 0.15) is 37.3 Å². The number of hydrogen-bond donors (Lipinski definition) is 0. The van der Waals surface area contributed by atoms with E-state index >= 15 is 0 Å². The van der Waals surface area contributed by atoms with Gasteiger partial charge in [0.25, 0.3) is 5.56 Å². The molecule has 0 aliphatic heterocycles. The fraction of sp³-hybridized carbons (Fsp3) is 0.316. The first-order valence-electron chi connectivity index (χ1n) is 8.89. The van der Waals surface area contributed by atoms with Crippen molar-refractivity contribution in [2.24, 2.45) is 0 Å². The van der Waals surface area contributed by atoms with Crippen LogP contribution in [0.25, 0.3) is 32.8 Å². The fourth-order valence-corrected chi connectivity index (χ4v) is 4.54. The third-order valence-corrected chi connectivity index (χ3v) is 6.07. The molecule has 0 amide bonds. The number of pyridine rings is 1. The van der Waals surface area contributed by atoms with E-state index in [4.69, 9.17) is 4.42 Å². The molecular formula is C19H14F3N3O2S. The molecule has 1 saturated carbocycles. The standard InChI is InChI=1S/C19H14F3N3O2S/c20-19(21,22)11-8-12(13-6-3-7-28-13)24-17-14(11)15-16(27-17)18(26)25(9-23-15)10-4-1-2-5-10/h3,6-10H,1-2,4-5H2. The minimum Gasteiger partial charge on any atom is -0.430 e. The zero-order valence-corrected chi connectivity index (χ0v) is 15.3. The molecule has 0 radical (unpaired) electrons. The van der Waals surface area contributed by atoms with E-state index in [0.29, 0.717) is 4.88 Å². The number of alkyl halides is 3. The molecule has 5 nitrogen and oxygen atoms in total. The summed E-state index contributed by atoms with van der Waals surface area (Å²) in [6.07, 6.45) is 0.428. The quantitative estimate of drug-likeness (QED) is 0.448. The average molecular weight is 405 g/mol. The van der Waals surface area contributed by atoms with Crippen LogP contribution in [-0.4, -0.2) is 14.5 Å². The Bertz CT molecular complexity index is 1240. The Morgan fingerprint density at radius 2 is 2.04 bits per heavy atom. The second-order valence-electron chi connectivity index (χ2n) is 6.89. The molecule has 1 aliphatic carbocycles. The van der Waals surface area contributed by atoms with E-state index in [1.807, 2.05) is 0 Å². The van der Waals surface area contributed by atoms with Gasteiger partial charge in [0.05, 0.1) is 27.8 Å². The summed E-state index contributed by atoms with van der Waals surface area (Å²) in [7, 11) is 0. The van der Waals surface area contributed by atoms with Gasteiger partial charge in [-0.15, -0.1) is 11.3 Å². The van der Waals surface area contributed by atoms with Crippen LogP contribution in [0.3, 0.4) is 0 Å². The van der Waals surface area contributed by atoms with E-state index in [1.54, 1.807) is 17.5 Å². The van der Waals surface area contributed by atoms with Crippen molar-refractivity contribution in [1.29, 1.82) is 0 Å². The molecule has 1 aliphatic rings. The second-order valence-corrected chi connectivity index (χ2v) is 7.83. The summed E-state index contributed by atoms with van der Waals surface area (Å²) in [5.74, 6) is 0. The van der Waals surface area contributed by atoms with Gasteiger partial charge in [-0.2, -0.15) is 13.2 Å². The van der Waals surface area contributed by atoms with E-state index in [2.05, 4.69) is 9.97 Å². The number of fused-ring (bicyclic) bond motifs is 3. The number of halogens is 3. The second kappa shape index (κ2) is 6.16. The van der Waals surface area contributed by atoms with E-state index < -0.39 is 17.3 Å². The Balaban J connectivity index is 1.82. The molecule has 0 N–H and O–H groups in total. The number of rotatable bonds is 2. The molecule has 1 fully saturated rings. The minimum absolute atomic E-state index is 0.00865. The summed E-state index contributed by atoms with van der Waals surface area (Å²) in [5, 5.41) is 1.49. The Morgan fingerprint density at radius 3 is 2.71 bits per heavy atom. The predicted octanol–water partition coefficient (Wildman–Crippen LogP) is 5.40. The molecule has 4 aromatic rings. The topological polar surface area (TPSA) is 60.9 Å². The van der Waals surface area contributed by atoms with Gasteiger partial charge >= 0.3 is 6.18 Å². The average Bonchev–Trinajstić information content (AvgIpc) is 3.40. The highest BCUT2D eigenvalue weighted by molar-refractivity contribution is 7.13. The number of aromatic nitrogens is 3. The largest absolute Gasteiger partial charge is 0.430 e. The van der Waals surface area contributed by atoms with Crippen LogP contribution in [0, 0.1) is 0 Å². The maximum Gasteiger partial charge on any atom is 0.417 e. The van der Waals surface area contributed by atoms with Crippen molar-refractivity contribution in [2.45, 2.75) is 37.9 Å². The molecule has 0 unspecified atom stereocenters. The predicted molar refractivity (Wildman–Crippen MR) is 99.4 cm³/mol. The van der Waals surface area contributed by atoms with Crippen LogP contribution in [0.5, 0.6) is 0 Å². The van der Waals surface area contributed by atoms with Gasteiger partial charge < -0.3 is 4.42 Å². The highest BCUT2D eigenvalue weighted by Crippen LogP contribution is 2.40. The van der Waals surface area contributed by atoms with Crippen LogP contribution in [0.4, 0.5) is 13.2 Å². The summed E-state index contributed by atoms with van der Waals surface area (Å²) in [4.78, 5) is 21.9. The Kier molecular flexibility index (Phi) is 3.84. The smallest absolute Gasteiger partial charge is 0.417 e. The van der Waals surface area contributed by atoms with Gasteiger partial charge in [0.2, 0.25) is 11.3 Å². The molecule has 4 aromatic heterocycles. The zero-order chi connectivity index (χ0) is 19.5. The van der Waals surface area contributed by atoms with E-state index in [1.165, 1.54) is 22.2 Å². The summed E-state index contributed by atoms with van der Waals surface area (Å²) in [5.41, 5.74) is -1.68. The minimum atomic E-state index is -4.63. The Morgan fingerprint density at radius 1 is 1.25 bits per heavy atom. The maximum atomic E-state index is 13.8. The first kappa shape index (κ1) is 17.4. The third-order valence-electron chi connectivity index (χ3n) is 5.17. The third kappa shape index (κ3) is 2.64. The lowest BCUT2D eigenvalue weighted by Crippen LogP contribution is -2.23. The molecular weight excluding hydrogens is 391 g/mol. The Hall–Kier alpha value is -2.68. The van der Waals surface area contributed by atoms with Crippen molar-refractivity contribution >= 4 is 33.5 Å². The maximum absolute atomic E-state index is 13.8. The van der Waals surface area contributed by atoms with Crippen molar-refractivity contribution in [3.63, 3.8) is 0 Å². The van der Waals surface area contributed by atoms with Crippen molar-refractivity contribution in [1.82, 2.24) is 14.5 Å². The summed E-state index contributed by atoms with van der Waals surface area (Å²) >= 11 is 1.28. The van der Waals surface area contributed by atoms with Gasteiger partial charge in [-0.25, -0.2) is 9.97 Å². The summed E-state index contributed by atoms with van der Waals surface area (Å²) in [6.45, 7) is 0. The summed E-state index contributed by atoms with van der Waals surface area (Å²) in [6, 6.07) is 4.43. The normalized spacial score (nSPS) is 15.8. The van der Waals surface area contributed by atoms with E-state index in [-0.39, 0.29) is 33.9 Å². The van der Waals surface area contributed by atoms with Crippen LogP contribution in [-0.2, 0) is 6.18 Å². The van der Waals surface area contributed by atoms with Gasteiger partial charge in [-0.3, -0.25) is 9.36 Å². The molecule has 0 spiro atoms. The number of nitrogens with zero attached hydrogens (tertiary/aromatic N) is 3. The van der Waals surface area contributed by atoms with E-state index in [0.717, 1.165) is 31.7 Å². The monoisotopic (exact) mass is 405 g/mol. The van der Waals surface area contributed by atoms with Crippen molar-refractivity contribution in [2.75, 3.05) is 0 Å². The number of hydrogen-bond acceptors (Lipinski definition) is 5. The van der Waals surface area contributed by atoms with E-state index in [9.17, 15) is 18.0 Å². The van der Waals surface area contributed by atoms with Crippen LogP contribution >= 0.6 is 11.3 Å². The van der Waals surface area contributed by atoms with Gasteiger partial charge in [0, 0.05) is 6.04 Å². The molecule has 0 bridgehead atoms. The molecule has 0 atom stereocenters. The highest BCUT2D eigenvalue weighted by atomic mass is 32.1. The molecule has 28 heavy (non-hydrogen) atoms. The zero-order valence-electron chi connectivity index (χ0n) is 14.5. The molecule has 4 heterocycles. The molecule has 0 saturated heterocycles.